The van der Waals surface area contributed by atoms with Gasteiger partial charge in [0.25, 0.3) is 0 Å². The van der Waals surface area contributed by atoms with Crippen molar-refractivity contribution in [2.24, 2.45) is 0 Å². The summed E-state index contributed by atoms with van der Waals surface area (Å²) in [5.74, 6) is 0. The van der Waals surface area contributed by atoms with Gasteiger partial charge in [-0.25, -0.2) is 0 Å². The lowest BCUT2D eigenvalue weighted by molar-refractivity contribution is 0.156. The van der Waals surface area contributed by atoms with Crippen LogP contribution in [0.3, 0.4) is 0 Å². The van der Waals surface area contributed by atoms with Gasteiger partial charge >= 0.3 is 0 Å². The zero-order chi connectivity index (χ0) is 16.6. The fourth-order valence-corrected chi connectivity index (χ4v) is 2.34. The molecule has 0 aliphatic carbocycles. The third-order valence-corrected chi connectivity index (χ3v) is 3.90. The Bertz CT molecular complexity index is 305. The summed E-state index contributed by atoms with van der Waals surface area (Å²) in [7, 11) is 4.28. The van der Waals surface area contributed by atoms with Crippen molar-refractivity contribution in [3.8, 4) is 0 Å². The van der Waals surface area contributed by atoms with Crippen LogP contribution in [0.15, 0.2) is 23.3 Å². The third kappa shape index (κ3) is 15.8. The maximum atomic E-state index is 5.66. The minimum atomic E-state index is 0.781. The van der Waals surface area contributed by atoms with Crippen LogP contribution in [-0.2, 0) is 4.74 Å². The summed E-state index contributed by atoms with van der Waals surface area (Å²) in [6.07, 6.45) is 14.6. The summed E-state index contributed by atoms with van der Waals surface area (Å²) < 4.78 is 5.66. The molecule has 0 rings (SSSR count). The largest absolute Gasteiger partial charge is 0.377 e. The van der Waals surface area contributed by atoms with E-state index in [4.69, 9.17) is 4.74 Å². The lowest BCUT2D eigenvalue weighted by Gasteiger charge is -2.09. The van der Waals surface area contributed by atoms with Crippen LogP contribution in [-0.4, -0.2) is 38.8 Å². The van der Waals surface area contributed by atoms with Gasteiger partial charge in [-0.3, -0.25) is 0 Å². The predicted molar refractivity (Wildman–Crippen MR) is 99.5 cm³/mol. The molecule has 0 N–H and O–H groups in total. The molecule has 0 radical (unpaired) electrons. The van der Waals surface area contributed by atoms with Crippen molar-refractivity contribution in [3.63, 3.8) is 0 Å². The van der Waals surface area contributed by atoms with E-state index >= 15 is 0 Å². The molecule has 0 saturated carbocycles. The summed E-state index contributed by atoms with van der Waals surface area (Å²) in [4.78, 5) is 2.25. The molecule has 0 aromatic rings. The fraction of sp³-hybridized carbons (Fsp3) is 0.800. The van der Waals surface area contributed by atoms with Crippen LogP contribution < -0.4 is 0 Å². The van der Waals surface area contributed by atoms with E-state index in [2.05, 4.69) is 51.9 Å². The van der Waals surface area contributed by atoms with Gasteiger partial charge in [0.1, 0.15) is 0 Å². The van der Waals surface area contributed by atoms with Gasteiger partial charge in [0.2, 0.25) is 0 Å². The Labute approximate surface area is 139 Å². The second-order valence-corrected chi connectivity index (χ2v) is 6.68. The Kier molecular flexibility index (Phi) is 14.9. The Morgan fingerprint density at radius 1 is 0.909 bits per heavy atom. The third-order valence-electron chi connectivity index (χ3n) is 3.90. The minimum Gasteiger partial charge on any atom is -0.377 e. The lowest BCUT2D eigenvalue weighted by atomic mass is 10.1. The summed E-state index contributed by atoms with van der Waals surface area (Å²) >= 11 is 0. The van der Waals surface area contributed by atoms with Crippen molar-refractivity contribution >= 4 is 0 Å². The molecule has 0 aromatic heterocycles. The highest BCUT2D eigenvalue weighted by Crippen LogP contribution is 2.10. The van der Waals surface area contributed by atoms with Gasteiger partial charge in [0.05, 0.1) is 6.61 Å². The molecule has 0 aliphatic heterocycles. The summed E-state index contributed by atoms with van der Waals surface area (Å²) in [6, 6.07) is 0. The lowest BCUT2D eigenvalue weighted by Crippen LogP contribution is -2.12. The van der Waals surface area contributed by atoms with E-state index in [1.807, 2.05) is 0 Å². The highest BCUT2D eigenvalue weighted by molar-refractivity contribution is 5.03. The van der Waals surface area contributed by atoms with Gasteiger partial charge in [-0.05, 0) is 66.6 Å². The van der Waals surface area contributed by atoms with Crippen molar-refractivity contribution in [2.45, 2.75) is 72.1 Å². The van der Waals surface area contributed by atoms with Crippen LogP contribution in [0.1, 0.15) is 72.1 Å². The standard InChI is InChI=1S/C20H39NO/c1-6-7-8-9-17-22-18-15-20(3)13-10-12-19(2)14-11-16-21(4)5/h12,15H,6-11,13-14,16-18H2,1-5H3/b19-12?,20-15+. The second kappa shape index (κ2) is 15.3. The van der Waals surface area contributed by atoms with E-state index in [9.17, 15) is 0 Å². The van der Waals surface area contributed by atoms with Crippen molar-refractivity contribution < 1.29 is 4.74 Å². The Morgan fingerprint density at radius 2 is 1.64 bits per heavy atom. The number of hydrogen-bond acceptors (Lipinski definition) is 2. The number of unbranched alkanes of at least 4 members (excludes halogenated alkanes) is 3. The fourth-order valence-electron chi connectivity index (χ4n) is 2.34. The second-order valence-electron chi connectivity index (χ2n) is 6.68. The molecule has 0 aliphatic rings. The van der Waals surface area contributed by atoms with Gasteiger partial charge in [-0.15, -0.1) is 0 Å². The molecule has 0 heterocycles. The molecule has 0 amide bonds. The molecule has 0 fully saturated rings. The maximum Gasteiger partial charge on any atom is 0.0649 e. The van der Waals surface area contributed by atoms with E-state index in [1.54, 1.807) is 0 Å². The van der Waals surface area contributed by atoms with Crippen molar-refractivity contribution in [2.75, 3.05) is 33.9 Å². The normalized spacial score (nSPS) is 13.2. The Hall–Kier alpha value is -0.600. The van der Waals surface area contributed by atoms with Gasteiger partial charge in [-0.2, -0.15) is 0 Å². The molecule has 0 bridgehead atoms. The molecule has 0 aromatic carbocycles. The molecular weight excluding hydrogens is 270 g/mol. The van der Waals surface area contributed by atoms with E-state index in [0.29, 0.717) is 0 Å². The highest BCUT2D eigenvalue weighted by Gasteiger charge is 1.94. The molecule has 130 valence electrons. The monoisotopic (exact) mass is 309 g/mol. The number of hydrogen-bond donors (Lipinski definition) is 0. The summed E-state index contributed by atoms with van der Waals surface area (Å²) in [5.41, 5.74) is 2.98. The first-order valence-electron chi connectivity index (χ1n) is 9.10. The van der Waals surface area contributed by atoms with Crippen LogP contribution in [0.5, 0.6) is 0 Å². The first kappa shape index (κ1) is 21.4. The van der Waals surface area contributed by atoms with Gasteiger partial charge in [0.15, 0.2) is 0 Å². The van der Waals surface area contributed by atoms with Crippen LogP contribution in [0.2, 0.25) is 0 Å². The molecule has 0 spiro atoms. The Balaban J connectivity index is 3.61. The highest BCUT2D eigenvalue weighted by atomic mass is 16.5. The zero-order valence-corrected chi connectivity index (χ0v) is 15.8. The average Bonchev–Trinajstić information content (AvgIpc) is 2.46. The van der Waals surface area contributed by atoms with Crippen LogP contribution in [0, 0.1) is 0 Å². The average molecular weight is 310 g/mol. The summed E-state index contributed by atoms with van der Waals surface area (Å²) in [5, 5.41) is 0. The van der Waals surface area contributed by atoms with Crippen molar-refractivity contribution in [1.82, 2.24) is 4.90 Å². The number of nitrogens with zero attached hydrogens (tertiary/aromatic N) is 1. The molecule has 2 nitrogen and oxygen atoms in total. The van der Waals surface area contributed by atoms with E-state index in [1.165, 1.54) is 56.2 Å². The number of allylic oxidation sites excluding steroid dienone is 3. The minimum absolute atomic E-state index is 0.781. The van der Waals surface area contributed by atoms with E-state index in [0.717, 1.165) is 26.1 Å². The number of rotatable bonds is 14. The maximum absolute atomic E-state index is 5.66. The van der Waals surface area contributed by atoms with Gasteiger partial charge in [-0.1, -0.05) is 49.5 Å². The predicted octanol–water partition coefficient (Wildman–Crippen LogP) is 5.60. The summed E-state index contributed by atoms with van der Waals surface area (Å²) in [6.45, 7) is 9.59. The molecule has 2 heteroatoms. The molecule has 0 atom stereocenters. The topological polar surface area (TPSA) is 12.5 Å². The Morgan fingerprint density at radius 3 is 2.32 bits per heavy atom. The van der Waals surface area contributed by atoms with Crippen molar-refractivity contribution in [1.29, 1.82) is 0 Å². The first-order chi connectivity index (χ1) is 10.6. The molecule has 0 unspecified atom stereocenters. The SMILES string of the molecule is CCCCCCOC/C=C(\C)CCC=C(C)CCCN(C)C. The first-order valence-corrected chi connectivity index (χ1v) is 9.10. The number of ether oxygens (including phenoxy) is 1. The smallest absolute Gasteiger partial charge is 0.0649 e. The van der Waals surface area contributed by atoms with E-state index < -0.39 is 0 Å². The molecule has 22 heavy (non-hydrogen) atoms. The van der Waals surface area contributed by atoms with Gasteiger partial charge < -0.3 is 9.64 Å². The van der Waals surface area contributed by atoms with Crippen molar-refractivity contribution in [3.05, 3.63) is 23.3 Å². The molecular formula is C20H39NO. The van der Waals surface area contributed by atoms with Gasteiger partial charge in [0, 0.05) is 6.61 Å². The van der Waals surface area contributed by atoms with E-state index in [-0.39, 0.29) is 0 Å². The van der Waals surface area contributed by atoms with Crippen LogP contribution in [0.25, 0.3) is 0 Å². The zero-order valence-electron chi connectivity index (χ0n) is 15.8. The van der Waals surface area contributed by atoms with Crippen LogP contribution >= 0.6 is 0 Å². The molecule has 0 saturated heterocycles. The quantitative estimate of drug-likeness (QED) is 0.306. The van der Waals surface area contributed by atoms with Crippen LogP contribution in [0.4, 0.5) is 0 Å².